The summed E-state index contributed by atoms with van der Waals surface area (Å²) in [6.07, 6.45) is 6.30. The Hall–Kier alpha value is -1.02. The summed E-state index contributed by atoms with van der Waals surface area (Å²) < 4.78 is 0. The smallest absolute Gasteiger partial charge is 0.118 e. The molecule has 1 saturated carbocycles. The molecular formula is C13H19NO. The first-order chi connectivity index (χ1) is 7.36. The van der Waals surface area contributed by atoms with Gasteiger partial charge < -0.3 is 10.4 Å². The highest BCUT2D eigenvalue weighted by Gasteiger charge is 2.13. The quantitative estimate of drug-likeness (QED) is 0.791. The van der Waals surface area contributed by atoms with Gasteiger partial charge in [0.15, 0.2) is 0 Å². The number of hydrogen-bond donors (Lipinski definition) is 2. The monoisotopic (exact) mass is 205 g/mol. The molecule has 0 atom stereocenters. The Balaban J connectivity index is 1.75. The highest BCUT2D eigenvalue weighted by molar-refractivity contribution is 5.31. The molecule has 0 amide bonds. The molecule has 0 radical (unpaired) electrons. The molecule has 2 N–H and O–H groups in total. The minimum atomic E-state index is 0.422. The van der Waals surface area contributed by atoms with Crippen molar-refractivity contribution in [3.8, 4) is 5.75 Å². The fraction of sp³-hybridized carbons (Fsp3) is 0.538. The second kappa shape index (κ2) is 5.17. The van der Waals surface area contributed by atoms with Crippen LogP contribution in [0.15, 0.2) is 24.3 Å². The van der Waals surface area contributed by atoms with Crippen molar-refractivity contribution in [1.82, 2.24) is 5.32 Å². The average Bonchev–Trinajstić information content (AvgIpc) is 2.74. The standard InChI is InChI=1S/C13H19NO/c15-13-8-4-1-5-11(13)9-10-14-12-6-2-3-7-12/h1,4-5,8,12,14-15H,2-3,6-7,9-10H2. The summed E-state index contributed by atoms with van der Waals surface area (Å²) >= 11 is 0. The molecule has 1 fully saturated rings. The molecule has 0 saturated heterocycles. The van der Waals surface area contributed by atoms with Crippen LogP contribution < -0.4 is 5.32 Å². The van der Waals surface area contributed by atoms with Gasteiger partial charge in [-0.05, 0) is 37.4 Å². The Morgan fingerprint density at radius 3 is 2.67 bits per heavy atom. The van der Waals surface area contributed by atoms with E-state index in [0.717, 1.165) is 24.6 Å². The van der Waals surface area contributed by atoms with E-state index >= 15 is 0 Å². The van der Waals surface area contributed by atoms with E-state index < -0.39 is 0 Å². The second-order valence-corrected chi connectivity index (χ2v) is 4.31. The van der Waals surface area contributed by atoms with Gasteiger partial charge in [0.1, 0.15) is 5.75 Å². The van der Waals surface area contributed by atoms with E-state index in [1.807, 2.05) is 18.2 Å². The Labute approximate surface area is 91.3 Å². The lowest BCUT2D eigenvalue weighted by Gasteiger charge is -2.11. The molecule has 82 valence electrons. The van der Waals surface area contributed by atoms with Gasteiger partial charge in [-0.15, -0.1) is 0 Å². The van der Waals surface area contributed by atoms with Crippen molar-refractivity contribution >= 4 is 0 Å². The molecule has 1 aliphatic rings. The third-order valence-corrected chi connectivity index (χ3v) is 3.17. The zero-order valence-electron chi connectivity index (χ0n) is 9.08. The van der Waals surface area contributed by atoms with E-state index in [0.29, 0.717) is 5.75 Å². The highest BCUT2D eigenvalue weighted by Crippen LogP contribution is 2.18. The number of phenolic OH excluding ortho intramolecular Hbond substituents is 1. The molecular weight excluding hydrogens is 186 g/mol. The summed E-state index contributed by atoms with van der Waals surface area (Å²) in [5.74, 6) is 0.422. The average molecular weight is 205 g/mol. The van der Waals surface area contributed by atoms with Crippen molar-refractivity contribution < 1.29 is 5.11 Å². The van der Waals surface area contributed by atoms with E-state index in [9.17, 15) is 5.11 Å². The molecule has 2 heteroatoms. The number of rotatable bonds is 4. The summed E-state index contributed by atoms with van der Waals surface area (Å²) in [5.41, 5.74) is 1.04. The van der Waals surface area contributed by atoms with Crippen molar-refractivity contribution in [3.05, 3.63) is 29.8 Å². The molecule has 0 bridgehead atoms. The highest BCUT2D eigenvalue weighted by atomic mass is 16.3. The van der Waals surface area contributed by atoms with Crippen LogP contribution in [0.25, 0.3) is 0 Å². The number of para-hydroxylation sites is 1. The largest absolute Gasteiger partial charge is 0.508 e. The molecule has 0 aromatic heterocycles. The van der Waals surface area contributed by atoms with Crippen LogP contribution >= 0.6 is 0 Å². The van der Waals surface area contributed by atoms with Crippen molar-refractivity contribution in [1.29, 1.82) is 0 Å². The molecule has 2 rings (SSSR count). The maximum atomic E-state index is 9.57. The number of phenols is 1. The molecule has 1 aromatic rings. The topological polar surface area (TPSA) is 32.3 Å². The van der Waals surface area contributed by atoms with Crippen LogP contribution in [0.2, 0.25) is 0 Å². The van der Waals surface area contributed by atoms with Gasteiger partial charge >= 0.3 is 0 Å². The molecule has 0 aliphatic heterocycles. The number of hydrogen-bond acceptors (Lipinski definition) is 2. The van der Waals surface area contributed by atoms with Gasteiger partial charge in [-0.2, -0.15) is 0 Å². The predicted molar refractivity (Wildman–Crippen MR) is 62.1 cm³/mol. The zero-order valence-corrected chi connectivity index (χ0v) is 9.08. The summed E-state index contributed by atoms with van der Waals surface area (Å²) in [4.78, 5) is 0. The van der Waals surface area contributed by atoms with Crippen molar-refractivity contribution in [3.63, 3.8) is 0 Å². The van der Waals surface area contributed by atoms with Crippen LogP contribution in [0.5, 0.6) is 5.75 Å². The minimum absolute atomic E-state index is 0.422. The predicted octanol–water partition coefficient (Wildman–Crippen LogP) is 2.47. The maximum absolute atomic E-state index is 9.57. The molecule has 0 unspecified atom stereocenters. The normalized spacial score (nSPS) is 17.1. The van der Waals surface area contributed by atoms with Crippen LogP contribution in [0, 0.1) is 0 Å². The Bertz CT molecular complexity index is 305. The maximum Gasteiger partial charge on any atom is 0.118 e. The van der Waals surface area contributed by atoms with Gasteiger partial charge in [-0.3, -0.25) is 0 Å². The van der Waals surface area contributed by atoms with Crippen LogP contribution in [-0.2, 0) is 6.42 Å². The number of nitrogens with one attached hydrogen (secondary N) is 1. The van der Waals surface area contributed by atoms with Crippen molar-refractivity contribution in [2.75, 3.05) is 6.54 Å². The molecule has 1 aliphatic carbocycles. The van der Waals surface area contributed by atoms with Crippen LogP contribution in [-0.4, -0.2) is 17.7 Å². The third kappa shape index (κ3) is 2.96. The Kier molecular flexibility index (Phi) is 3.62. The van der Waals surface area contributed by atoms with Gasteiger partial charge in [0.05, 0.1) is 0 Å². The van der Waals surface area contributed by atoms with E-state index in [-0.39, 0.29) is 0 Å². The number of benzene rings is 1. The van der Waals surface area contributed by atoms with Crippen LogP contribution in [0.1, 0.15) is 31.2 Å². The van der Waals surface area contributed by atoms with Gasteiger partial charge in [0, 0.05) is 6.04 Å². The SMILES string of the molecule is Oc1ccccc1CCNC1CCCC1. The van der Waals surface area contributed by atoms with Crippen molar-refractivity contribution in [2.24, 2.45) is 0 Å². The zero-order chi connectivity index (χ0) is 10.5. The molecule has 2 nitrogen and oxygen atoms in total. The Morgan fingerprint density at radius 2 is 1.93 bits per heavy atom. The summed E-state index contributed by atoms with van der Waals surface area (Å²) in [5, 5.41) is 13.1. The van der Waals surface area contributed by atoms with Gasteiger partial charge in [0.2, 0.25) is 0 Å². The molecule has 0 heterocycles. The Morgan fingerprint density at radius 1 is 1.20 bits per heavy atom. The lowest BCUT2D eigenvalue weighted by atomic mass is 10.1. The number of aromatic hydroxyl groups is 1. The van der Waals surface area contributed by atoms with Crippen LogP contribution in [0.4, 0.5) is 0 Å². The molecule has 1 aromatic carbocycles. The fourth-order valence-corrected chi connectivity index (χ4v) is 2.26. The van der Waals surface area contributed by atoms with Gasteiger partial charge in [-0.1, -0.05) is 31.0 Å². The first-order valence-electron chi connectivity index (χ1n) is 5.86. The second-order valence-electron chi connectivity index (χ2n) is 4.31. The third-order valence-electron chi connectivity index (χ3n) is 3.17. The lowest BCUT2D eigenvalue weighted by molar-refractivity contribution is 0.463. The molecule has 15 heavy (non-hydrogen) atoms. The van der Waals surface area contributed by atoms with Gasteiger partial charge in [0.25, 0.3) is 0 Å². The summed E-state index contributed by atoms with van der Waals surface area (Å²) in [6, 6.07) is 8.31. The minimum Gasteiger partial charge on any atom is -0.508 e. The molecule has 0 spiro atoms. The van der Waals surface area contributed by atoms with E-state index in [1.54, 1.807) is 6.07 Å². The fourth-order valence-electron chi connectivity index (χ4n) is 2.26. The van der Waals surface area contributed by atoms with Crippen LogP contribution in [0.3, 0.4) is 0 Å². The van der Waals surface area contributed by atoms with E-state index in [2.05, 4.69) is 5.32 Å². The first-order valence-corrected chi connectivity index (χ1v) is 5.86. The van der Waals surface area contributed by atoms with Crippen molar-refractivity contribution in [2.45, 2.75) is 38.1 Å². The summed E-state index contributed by atoms with van der Waals surface area (Å²) in [6.45, 7) is 0.974. The first kappa shape index (κ1) is 10.5. The van der Waals surface area contributed by atoms with E-state index in [4.69, 9.17) is 0 Å². The van der Waals surface area contributed by atoms with E-state index in [1.165, 1.54) is 25.7 Å². The van der Waals surface area contributed by atoms with Gasteiger partial charge in [-0.25, -0.2) is 0 Å². The lowest BCUT2D eigenvalue weighted by Crippen LogP contribution is -2.27. The summed E-state index contributed by atoms with van der Waals surface area (Å²) in [7, 11) is 0.